The van der Waals surface area contributed by atoms with Gasteiger partial charge in [0.1, 0.15) is 6.04 Å². The van der Waals surface area contributed by atoms with Crippen LogP contribution in [-0.4, -0.2) is 29.7 Å². The molecule has 1 rings (SSSR count). The van der Waals surface area contributed by atoms with Crippen LogP contribution in [0.1, 0.15) is 25.8 Å². The maximum atomic E-state index is 12.1. The summed E-state index contributed by atoms with van der Waals surface area (Å²) in [7, 11) is 0. The van der Waals surface area contributed by atoms with E-state index in [1.165, 1.54) is 4.90 Å². The summed E-state index contributed by atoms with van der Waals surface area (Å²) in [6.07, 6.45) is 0.354. The van der Waals surface area contributed by atoms with Crippen molar-refractivity contribution in [2.75, 3.05) is 11.4 Å². The van der Waals surface area contributed by atoms with Gasteiger partial charge >= 0.3 is 12.0 Å². The lowest BCUT2D eigenvalue weighted by atomic mass is 10.2. The van der Waals surface area contributed by atoms with Gasteiger partial charge in [-0.2, -0.15) is 0 Å². The summed E-state index contributed by atoms with van der Waals surface area (Å²) in [4.78, 5) is 24.6. The van der Waals surface area contributed by atoms with E-state index in [0.717, 1.165) is 11.3 Å². The number of anilines is 1. The Hall–Kier alpha value is -2.04. The first kappa shape index (κ1) is 15.0. The Labute approximate surface area is 113 Å². The van der Waals surface area contributed by atoms with Crippen LogP contribution in [-0.2, 0) is 4.79 Å². The fourth-order valence-corrected chi connectivity index (χ4v) is 1.80. The molecule has 0 heterocycles. The first-order valence-corrected chi connectivity index (χ1v) is 6.37. The Balaban J connectivity index is 2.85. The molecule has 5 heteroatoms. The number of amides is 2. The molecule has 1 aromatic rings. The minimum atomic E-state index is -1.02. The van der Waals surface area contributed by atoms with E-state index in [2.05, 4.69) is 5.32 Å². The lowest BCUT2D eigenvalue weighted by Gasteiger charge is -2.24. The number of carbonyl (C=O) groups excluding carboxylic acids is 1. The van der Waals surface area contributed by atoms with Crippen LogP contribution in [0.3, 0.4) is 0 Å². The maximum Gasteiger partial charge on any atom is 0.326 e. The fraction of sp³-hybridized carbons (Fsp3) is 0.429. The number of carboxylic acid groups (broad SMARTS) is 1. The zero-order valence-corrected chi connectivity index (χ0v) is 11.5. The molecule has 0 unspecified atom stereocenters. The highest BCUT2D eigenvalue weighted by Crippen LogP contribution is 2.16. The van der Waals surface area contributed by atoms with Crippen molar-refractivity contribution >= 4 is 17.7 Å². The van der Waals surface area contributed by atoms with E-state index in [9.17, 15) is 9.59 Å². The molecule has 0 saturated heterocycles. The van der Waals surface area contributed by atoms with Gasteiger partial charge in [0.05, 0.1) is 0 Å². The van der Waals surface area contributed by atoms with Crippen LogP contribution >= 0.6 is 0 Å². The molecule has 0 aromatic heterocycles. The van der Waals surface area contributed by atoms with Crippen molar-refractivity contribution in [3.63, 3.8) is 0 Å². The normalized spacial score (nSPS) is 11.7. The molecule has 2 N–H and O–H groups in total. The van der Waals surface area contributed by atoms with Gasteiger partial charge < -0.3 is 10.4 Å². The summed E-state index contributed by atoms with van der Waals surface area (Å²) in [6.45, 7) is 6.00. The highest BCUT2D eigenvalue weighted by molar-refractivity contribution is 5.94. The number of nitrogens with zero attached hydrogens (tertiary/aromatic N) is 1. The van der Waals surface area contributed by atoms with Crippen LogP contribution in [0.25, 0.3) is 0 Å². The second kappa shape index (κ2) is 6.78. The van der Waals surface area contributed by atoms with Crippen molar-refractivity contribution in [1.82, 2.24) is 5.32 Å². The van der Waals surface area contributed by atoms with Crippen molar-refractivity contribution in [3.8, 4) is 0 Å². The zero-order chi connectivity index (χ0) is 14.4. The molecule has 1 aromatic carbocycles. The molecule has 0 bridgehead atoms. The number of urea groups is 1. The SMILES string of the molecule is CC[C@@H](NC(=O)N(CC)c1cccc(C)c1)C(=O)O. The summed E-state index contributed by atoms with van der Waals surface area (Å²) in [6, 6.07) is 6.30. The fourth-order valence-electron chi connectivity index (χ4n) is 1.80. The predicted octanol–water partition coefficient (Wildman–Crippen LogP) is 2.39. The van der Waals surface area contributed by atoms with Crippen LogP contribution in [0, 0.1) is 6.92 Å². The van der Waals surface area contributed by atoms with Gasteiger partial charge in [-0.1, -0.05) is 19.1 Å². The average molecular weight is 264 g/mol. The van der Waals surface area contributed by atoms with Gasteiger partial charge in [-0.15, -0.1) is 0 Å². The molecule has 104 valence electrons. The van der Waals surface area contributed by atoms with Crippen molar-refractivity contribution in [2.24, 2.45) is 0 Å². The van der Waals surface area contributed by atoms with Gasteiger partial charge in [0.25, 0.3) is 0 Å². The van der Waals surface area contributed by atoms with Gasteiger partial charge in [0, 0.05) is 12.2 Å². The van der Waals surface area contributed by atoms with Crippen LogP contribution in [0.15, 0.2) is 24.3 Å². The van der Waals surface area contributed by atoms with Crippen molar-refractivity contribution in [1.29, 1.82) is 0 Å². The lowest BCUT2D eigenvalue weighted by Crippen LogP contribution is -2.47. The van der Waals surface area contributed by atoms with Gasteiger partial charge in [-0.25, -0.2) is 9.59 Å². The number of aliphatic carboxylic acids is 1. The standard InChI is InChI=1S/C14H20N2O3/c1-4-12(13(17)18)15-14(19)16(5-2)11-8-6-7-10(3)9-11/h6-9,12H,4-5H2,1-3H3,(H,15,19)(H,17,18)/t12-/m1/s1. The van der Waals surface area contributed by atoms with Gasteiger partial charge in [-0.05, 0) is 38.0 Å². The molecule has 19 heavy (non-hydrogen) atoms. The first-order valence-electron chi connectivity index (χ1n) is 6.37. The Morgan fingerprint density at radius 1 is 1.37 bits per heavy atom. The summed E-state index contributed by atoms with van der Waals surface area (Å²) in [5.41, 5.74) is 1.81. The minimum Gasteiger partial charge on any atom is -0.480 e. The summed E-state index contributed by atoms with van der Waals surface area (Å²) >= 11 is 0. The van der Waals surface area contributed by atoms with Crippen LogP contribution < -0.4 is 10.2 Å². The Morgan fingerprint density at radius 2 is 2.05 bits per heavy atom. The molecule has 1 atom stereocenters. The average Bonchev–Trinajstić information content (AvgIpc) is 2.36. The highest BCUT2D eigenvalue weighted by atomic mass is 16.4. The van der Waals surface area contributed by atoms with Crippen LogP contribution in [0.5, 0.6) is 0 Å². The molecule has 2 amide bonds. The van der Waals surface area contributed by atoms with E-state index in [4.69, 9.17) is 5.11 Å². The van der Waals surface area contributed by atoms with E-state index in [-0.39, 0.29) is 6.03 Å². The van der Waals surface area contributed by atoms with Gasteiger partial charge in [-0.3, -0.25) is 4.90 Å². The summed E-state index contributed by atoms with van der Waals surface area (Å²) in [5.74, 6) is -1.02. The molecule has 0 spiro atoms. The van der Waals surface area contributed by atoms with E-state index in [1.807, 2.05) is 38.1 Å². The minimum absolute atomic E-state index is 0.354. The number of nitrogens with one attached hydrogen (secondary N) is 1. The number of hydrogen-bond donors (Lipinski definition) is 2. The molecular formula is C14H20N2O3. The zero-order valence-electron chi connectivity index (χ0n) is 11.5. The summed E-state index contributed by atoms with van der Waals surface area (Å²) < 4.78 is 0. The Kier molecular flexibility index (Phi) is 5.36. The molecule has 0 saturated carbocycles. The molecule has 0 aliphatic heterocycles. The lowest BCUT2D eigenvalue weighted by molar-refractivity contribution is -0.139. The molecule has 0 aliphatic carbocycles. The number of hydrogen-bond acceptors (Lipinski definition) is 2. The number of benzene rings is 1. The van der Waals surface area contributed by atoms with Gasteiger partial charge in [0.15, 0.2) is 0 Å². The largest absolute Gasteiger partial charge is 0.480 e. The molecule has 0 fully saturated rings. The maximum absolute atomic E-state index is 12.1. The first-order chi connectivity index (χ1) is 8.99. The molecule has 5 nitrogen and oxygen atoms in total. The third-order valence-corrected chi connectivity index (χ3v) is 2.88. The summed E-state index contributed by atoms with van der Waals surface area (Å²) in [5, 5.41) is 11.5. The van der Waals surface area contributed by atoms with Crippen LogP contribution in [0.4, 0.5) is 10.5 Å². The molecular weight excluding hydrogens is 244 g/mol. The van der Waals surface area contributed by atoms with E-state index >= 15 is 0 Å². The van der Waals surface area contributed by atoms with Crippen LogP contribution in [0.2, 0.25) is 0 Å². The topological polar surface area (TPSA) is 69.6 Å². The number of rotatable bonds is 5. The smallest absolute Gasteiger partial charge is 0.326 e. The second-order valence-electron chi connectivity index (χ2n) is 4.33. The third-order valence-electron chi connectivity index (χ3n) is 2.88. The predicted molar refractivity (Wildman–Crippen MR) is 74.4 cm³/mol. The third kappa shape index (κ3) is 3.98. The second-order valence-corrected chi connectivity index (χ2v) is 4.33. The Morgan fingerprint density at radius 3 is 2.53 bits per heavy atom. The number of carbonyl (C=O) groups is 2. The van der Waals surface area contributed by atoms with Crippen molar-refractivity contribution in [2.45, 2.75) is 33.2 Å². The highest BCUT2D eigenvalue weighted by Gasteiger charge is 2.21. The Bertz CT molecular complexity index is 460. The van der Waals surface area contributed by atoms with E-state index in [0.29, 0.717) is 13.0 Å². The van der Waals surface area contributed by atoms with Crippen molar-refractivity contribution in [3.05, 3.63) is 29.8 Å². The van der Waals surface area contributed by atoms with E-state index in [1.54, 1.807) is 6.92 Å². The quantitative estimate of drug-likeness (QED) is 0.858. The van der Waals surface area contributed by atoms with E-state index < -0.39 is 12.0 Å². The molecule has 0 radical (unpaired) electrons. The number of aryl methyl sites for hydroxylation is 1. The molecule has 0 aliphatic rings. The van der Waals surface area contributed by atoms with Gasteiger partial charge in [0.2, 0.25) is 0 Å². The monoisotopic (exact) mass is 264 g/mol. The number of carboxylic acids is 1. The van der Waals surface area contributed by atoms with Crippen molar-refractivity contribution < 1.29 is 14.7 Å².